The lowest BCUT2D eigenvalue weighted by Gasteiger charge is -2.36. The normalized spacial score (nSPS) is 17.2. The Balaban J connectivity index is 1.29. The first kappa shape index (κ1) is 24.4. The van der Waals surface area contributed by atoms with Crippen LogP contribution in [0.1, 0.15) is 15.9 Å². The maximum atomic E-state index is 13.2. The predicted octanol–water partition coefficient (Wildman–Crippen LogP) is 2.53. The van der Waals surface area contributed by atoms with Gasteiger partial charge in [0.2, 0.25) is 0 Å². The number of hydrogen-bond donors (Lipinski definition) is 1. The molecule has 0 spiro atoms. The molecule has 0 radical (unpaired) electrons. The molecule has 0 bridgehead atoms. The molecular weight excluding hydrogens is 452 g/mol. The van der Waals surface area contributed by atoms with Gasteiger partial charge < -0.3 is 15.0 Å². The van der Waals surface area contributed by atoms with Crippen molar-refractivity contribution in [2.24, 2.45) is 0 Å². The Labute approximate surface area is 212 Å². The number of hydrogen-bond acceptors (Lipinski definition) is 7. The van der Waals surface area contributed by atoms with Crippen molar-refractivity contribution in [2.45, 2.75) is 6.54 Å². The number of amides is 1. The first-order valence-corrected chi connectivity index (χ1v) is 12.8. The Morgan fingerprint density at radius 1 is 0.861 bits per heavy atom. The smallest absolute Gasteiger partial charge is 0.256 e. The molecule has 0 aliphatic carbocycles. The molecule has 5 rings (SSSR count). The van der Waals surface area contributed by atoms with Gasteiger partial charge in [0.1, 0.15) is 11.4 Å². The summed E-state index contributed by atoms with van der Waals surface area (Å²) in [5.41, 5.74) is 2.80. The predicted molar refractivity (Wildman–Crippen MR) is 141 cm³/mol. The third-order valence-corrected chi connectivity index (χ3v) is 6.78. The number of ether oxygens (including phenoxy) is 1. The van der Waals surface area contributed by atoms with Gasteiger partial charge in [0.25, 0.3) is 5.91 Å². The fraction of sp³-hybridized carbons (Fsp3) is 0.393. The van der Waals surface area contributed by atoms with Gasteiger partial charge in [-0.05, 0) is 5.56 Å². The van der Waals surface area contributed by atoms with Gasteiger partial charge in [0, 0.05) is 70.7 Å². The number of nitrogens with one attached hydrogen (secondary N) is 1. The van der Waals surface area contributed by atoms with Crippen molar-refractivity contribution in [3.8, 4) is 11.4 Å². The summed E-state index contributed by atoms with van der Waals surface area (Å²) in [4.78, 5) is 29.7. The summed E-state index contributed by atoms with van der Waals surface area (Å²) < 4.78 is 5.41. The SMILES string of the molecule is O=C(NCCN1CCOCC1)c1cnc(-c2ccccc2)nc1N1CCN(Cc2ccccc2)CC1. The van der Waals surface area contributed by atoms with Crippen molar-refractivity contribution in [1.29, 1.82) is 0 Å². The molecule has 2 aliphatic rings. The quantitative estimate of drug-likeness (QED) is 0.525. The maximum absolute atomic E-state index is 13.2. The molecule has 0 unspecified atom stereocenters. The fourth-order valence-corrected chi connectivity index (χ4v) is 4.71. The van der Waals surface area contributed by atoms with Crippen LogP contribution >= 0.6 is 0 Å². The lowest BCUT2D eigenvalue weighted by atomic mass is 10.1. The van der Waals surface area contributed by atoms with Crippen LogP contribution in [0.4, 0.5) is 5.82 Å². The Morgan fingerprint density at radius 3 is 2.28 bits per heavy atom. The van der Waals surface area contributed by atoms with Crippen molar-refractivity contribution >= 4 is 11.7 Å². The van der Waals surface area contributed by atoms with Crippen molar-refractivity contribution < 1.29 is 9.53 Å². The van der Waals surface area contributed by atoms with Gasteiger partial charge >= 0.3 is 0 Å². The van der Waals surface area contributed by atoms with E-state index in [2.05, 4.69) is 49.3 Å². The summed E-state index contributed by atoms with van der Waals surface area (Å²) in [6.45, 7) is 9.10. The third-order valence-electron chi connectivity index (χ3n) is 6.78. The van der Waals surface area contributed by atoms with Crippen LogP contribution in [0.25, 0.3) is 11.4 Å². The molecule has 1 aromatic heterocycles. The molecule has 36 heavy (non-hydrogen) atoms. The summed E-state index contributed by atoms with van der Waals surface area (Å²) in [5.74, 6) is 1.24. The van der Waals surface area contributed by atoms with E-state index in [4.69, 9.17) is 9.72 Å². The number of nitrogens with zero attached hydrogens (tertiary/aromatic N) is 5. The molecule has 3 heterocycles. The largest absolute Gasteiger partial charge is 0.379 e. The van der Waals surface area contributed by atoms with Crippen LogP contribution in [0.5, 0.6) is 0 Å². The molecule has 1 N–H and O–H groups in total. The first-order valence-electron chi connectivity index (χ1n) is 12.8. The minimum absolute atomic E-state index is 0.121. The zero-order valence-electron chi connectivity index (χ0n) is 20.7. The molecule has 2 aliphatic heterocycles. The van der Waals surface area contributed by atoms with Crippen LogP contribution in [0.3, 0.4) is 0 Å². The van der Waals surface area contributed by atoms with Crippen LogP contribution < -0.4 is 10.2 Å². The average molecular weight is 487 g/mol. The summed E-state index contributed by atoms with van der Waals surface area (Å²) in [5, 5.41) is 3.09. The first-order chi connectivity index (χ1) is 17.8. The van der Waals surface area contributed by atoms with Gasteiger partial charge in [0.05, 0.1) is 13.2 Å². The second-order valence-electron chi connectivity index (χ2n) is 9.26. The highest BCUT2D eigenvalue weighted by atomic mass is 16.5. The van der Waals surface area contributed by atoms with E-state index < -0.39 is 0 Å². The molecule has 0 atom stereocenters. The molecule has 1 amide bonds. The minimum Gasteiger partial charge on any atom is -0.379 e. The zero-order valence-corrected chi connectivity index (χ0v) is 20.7. The number of piperazine rings is 1. The van der Waals surface area contributed by atoms with Crippen LogP contribution in [0, 0.1) is 0 Å². The lowest BCUT2D eigenvalue weighted by molar-refractivity contribution is 0.0383. The molecule has 0 saturated carbocycles. The second-order valence-corrected chi connectivity index (χ2v) is 9.26. The Bertz CT molecular complexity index is 1110. The molecule has 8 heteroatoms. The topological polar surface area (TPSA) is 73.8 Å². The Hall–Kier alpha value is -3.33. The van der Waals surface area contributed by atoms with Crippen LogP contribution in [0.15, 0.2) is 66.9 Å². The lowest BCUT2D eigenvalue weighted by Crippen LogP contribution is -2.47. The van der Waals surface area contributed by atoms with E-state index >= 15 is 0 Å². The van der Waals surface area contributed by atoms with Crippen LogP contribution in [-0.2, 0) is 11.3 Å². The monoisotopic (exact) mass is 486 g/mol. The number of carbonyl (C=O) groups is 1. The van der Waals surface area contributed by atoms with E-state index in [1.54, 1.807) is 6.20 Å². The van der Waals surface area contributed by atoms with Gasteiger partial charge in [-0.15, -0.1) is 0 Å². The number of carbonyl (C=O) groups excluding carboxylic acids is 1. The minimum atomic E-state index is -0.121. The van der Waals surface area contributed by atoms with Gasteiger partial charge in [0.15, 0.2) is 5.82 Å². The van der Waals surface area contributed by atoms with Gasteiger partial charge in [-0.25, -0.2) is 9.97 Å². The highest BCUT2D eigenvalue weighted by molar-refractivity contribution is 5.99. The highest BCUT2D eigenvalue weighted by Crippen LogP contribution is 2.24. The van der Waals surface area contributed by atoms with E-state index in [1.165, 1.54) is 5.56 Å². The van der Waals surface area contributed by atoms with Crippen molar-refractivity contribution in [2.75, 3.05) is 70.5 Å². The summed E-state index contributed by atoms with van der Waals surface area (Å²) in [6.07, 6.45) is 1.69. The standard InChI is InChI=1S/C28H34N6O2/c35-28(29-11-12-32-17-19-36-20-18-32)25-21-30-26(24-9-5-2-6-10-24)31-27(25)34-15-13-33(14-16-34)22-23-7-3-1-4-8-23/h1-10,21H,11-20,22H2,(H,29,35). The van der Waals surface area contributed by atoms with Crippen molar-refractivity contribution in [3.05, 3.63) is 78.0 Å². The van der Waals surface area contributed by atoms with E-state index in [0.717, 1.165) is 71.1 Å². The zero-order chi connectivity index (χ0) is 24.6. The van der Waals surface area contributed by atoms with Crippen molar-refractivity contribution in [3.63, 3.8) is 0 Å². The number of rotatable bonds is 8. The molecule has 2 saturated heterocycles. The maximum Gasteiger partial charge on any atom is 0.256 e. The summed E-state index contributed by atoms with van der Waals surface area (Å²) in [7, 11) is 0. The average Bonchev–Trinajstić information content (AvgIpc) is 2.95. The number of anilines is 1. The summed E-state index contributed by atoms with van der Waals surface area (Å²) >= 11 is 0. The van der Waals surface area contributed by atoms with Gasteiger partial charge in [-0.1, -0.05) is 60.7 Å². The fourth-order valence-electron chi connectivity index (χ4n) is 4.71. The molecule has 2 fully saturated rings. The van der Waals surface area contributed by atoms with Crippen LogP contribution in [0.2, 0.25) is 0 Å². The molecular formula is C28H34N6O2. The molecule has 2 aromatic carbocycles. The van der Waals surface area contributed by atoms with E-state index in [1.807, 2.05) is 36.4 Å². The van der Waals surface area contributed by atoms with E-state index in [0.29, 0.717) is 23.8 Å². The summed E-state index contributed by atoms with van der Waals surface area (Å²) in [6, 6.07) is 20.5. The van der Waals surface area contributed by atoms with E-state index in [-0.39, 0.29) is 5.91 Å². The molecule has 8 nitrogen and oxygen atoms in total. The highest BCUT2D eigenvalue weighted by Gasteiger charge is 2.24. The van der Waals surface area contributed by atoms with Gasteiger partial charge in [-0.2, -0.15) is 0 Å². The van der Waals surface area contributed by atoms with Gasteiger partial charge in [-0.3, -0.25) is 14.6 Å². The Kier molecular flexibility index (Phi) is 8.17. The molecule has 3 aromatic rings. The number of aromatic nitrogens is 2. The molecule has 188 valence electrons. The Morgan fingerprint density at radius 2 is 1.56 bits per heavy atom. The van der Waals surface area contributed by atoms with E-state index in [9.17, 15) is 4.79 Å². The number of benzene rings is 2. The second kappa shape index (κ2) is 12.1. The number of morpholine rings is 1. The van der Waals surface area contributed by atoms with Crippen LogP contribution in [-0.4, -0.2) is 91.2 Å². The third kappa shape index (κ3) is 6.26. The van der Waals surface area contributed by atoms with Crippen molar-refractivity contribution in [1.82, 2.24) is 25.1 Å².